The summed E-state index contributed by atoms with van der Waals surface area (Å²) in [4.78, 5) is 16.6. The first-order chi connectivity index (χ1) is 14.8. The van der Waals surface area contributed by atoms with Gasteiger partial charge < -0.3 is 5.11 Å². The number of hydrogen-bond donors (Lipinski definition) is 2. The van der Waals surface area contributed by atoms with Crippen molar-refractivity contribution >= 4 is 37.9 Å². The maximum atomic E-state index is 12.7. The highest BCUT2D eigenvalue weighted by Gasteiger charge is 2.19. The summed E-state index contributed by atoms with van der Waals surface area (Å²) in [6.45, 7) is 3.56. The minimum atomic E-state index is -3.80. The molecule has 0 aliphatic heterocycles. The van der Waals surface area contributed by atoms with Crippen LogP contribution in [0.2, 0.25) is 0 Å². The lowest BCUT2D eigenvalue weighted by atomic mass is 10.1. The fourth-order valence-electron chi connectivity index (χ4n) is 2.74. The summed E-state index contributed by atoms with van der Waals surface area (Å²) in [5, 5.41) is 29.4. The van der Waals surface area contributed by atoms with Crippen LogP contribution in [0, 0.1) is 18.3 Å². The predicted molar refractivity (Wildman–Crippen MR) is 116 cm³/mol. The van der Waals surface area contributed by atoms with E-state index >= 15 is 0 Å². The number of aromatic nitrogens is 2. The van der Waals surface area contributed by atoms with Crippen molar-refractivity contribution in [3.05, 3.63) is 57.3 Å². The molecule has 3 rings (SSSR count). The van der Waals surface area contributed by atoms with E-state index in [4.69, 9.17) is 0 Å². The van der Waals surface area contributed by atoms with E-state index < -0.39 is 21.5 Å². The SMILES string of the molecule is CCCn1c(O)c(C#N)c(C)c(N=Nc2ccc(S(=O)(=O)Nc3nccs3)cc2)c1=O. The Labute approximate surface area is 182 Å². The summed E-state index contributed by atoms with van der Waals surface area (Å²) in [5.74, 6) is -0.395. The summed E-state index contributed by atoms with van der Waals surface area (Å²) in [6.07, 6.45) is 2.06. The average molecular weight is 459 g/mol. The summed E-state index contributed by atoms with van der Waals surface area (Å²) < 4.78 is 28.2. The van der Waals surface area contributed by atoms with E-state index in [9.17, 15) is 23.6 Å². The van der Waals surface area contributed by atoms with Gasteiger partial charge in [0.25, 0.3) is 15.6 Å². The second-order valence-electron chi connectivity index (χ2n) is 6.38. The van der Waals surface area contributed by atoms with Crippen molar-refractivity contribution in [3.63, 3.8) is 0 Å². The Hall–Kier alpha value is -3.56. The van der Waals surface area contributed by atoms with E-state index in [2.05, 4.69) is 19.9 Å². The van der Waals surface area contributed by atoms with Gasteiger partial charge in [-0.2, -0.15) is 10.4 Å². The van der Waals surface area contributed by atoms with Crippen molar-refractivity contribution in [1.29, 1.82) is 5.26 Å². The monoisotopic (exact) mass is 458 g/mol. The predicted octanol–water partition coefficient (Wildman–Crippen LogP) is 3.82. The molecule has 0 bridgehead atoms. The molecule has 12 heteroatoms. The Kier molecular flexibility index (Phi) is 6.47. The third-order valence-corrected chi connectivity index (χ3v) is 6.46. The summed E-state index contributed by atoms with van der Waals surface area (Å²) >= 11 is 1.16. The number of nitrogens with zero attached hydrogens (tertiary/aromatic N) is 5. The van der Waals surface area contributed by atoms with Gasteiger partial charge in [0.1, 0.15) is 11.6 Å². The Morgan fingerprint density at radius 1 is 1.29 bits per heavy atom. The van der Waals surface area contributed by atoms with Crippen LogP contribution >= 0.6 is 11.3 Å². The van der Waals surface area contributed by atoms with E-state index in [0.29, 0.717) is 12.1 Å². The van der Waals surface area contributed by atoms with E-state index in [1.807, 2.05) is 13.0 Å². The first-order valence-corrected chi connectivity index (χ1v) is 11.4. The topological polar surface area (TPSA) is 150 Å². The first-order valence-electron chi connectivity index (χ1n) is 9.09. The zero-order valence-electron chi connectivity index (χ0n) is 16.6. The van der Waals surface area contributed by atoms with Crippen LogP contribution in [0.4, 0.5) is 16.5 Å². The smallest absolute Gasteiger partial charge is 0.281 e. The standard InChI is InChI=1S/C19H18N6O4S2/c1-3-9-25-17(26)15(11-20)12(2)16(18(25)27)23-22-13-4-6-14(7-5-13)31(28,29)24-19-21-8-10-30-19/h4-8,10,26H,3,9H2,1-2H3,(H,21,24). The molecular formula is C19H18N6O4S2. The molecule has 2 aromatic heterocycles. The number of aromatic hydroxyl groups is 1. The normalized spacial score (nSPS) is 11.5. The summed E-state index contributed by atoms with van der Waals surface area (Å²) in [5.41, 5.74) is -0.151. The molecule has 0 radical (unpaired) electrons. The van der Waals surface area contributed by atoms with Gasteiger partial charge in [0.15, 0.2) is 10.8 Å². The Morgan fingerprint density at radius 3 is 2.58 bits per heavy atom. The molecule has 0 fully saturated rings. The molecule has 31 heavy (non-hydrogen) atoms. The number of azo groups is 1. The van der Waals surface area contributed by atoms with Crippen molar-refractivity contribution in [1.82, 2.24) is 9.55 Å². The van der Waals surface area contributed by atoms with Gasteiger partial charge in [-0.25, -0.2) is 13.4 Å². The van der Waals surface area contributed by atoms with Gasteiger partial charge in [0.05, 0.1) is 10.6 Å². The van der Waals surface area contributed by atoms with E-state index in [-0.39, 0.29) is 33.4 Å². The second kappa shape index (κ2) is 9.07. The highest BCUT2D eigenvalue weighted by molar-refractivity contribution is 7.93. The van der Waals surface area contributed by atoms with Gasteiger partial charge in [-0.15, -0.1) is 16.5 Å². The minimum absolute atomic E-state index is 0.0135. The quantitative estimate of drug-likeness (QED) is 0.514. The number of hydrogen-bond acceptors (Lipinski definition) is 9. The molecule has 0 spiro atoms. The van der Waals surface area contributed by atoms with Crippen molar-refractivity contribution < 1.29 is 13.5 Å². The fourth-order valence-corrected chi connectivity index (χ4v) is 4.52. The zero-order valence-corrected chi connectivity index (χ0v) is 18.2. The van der Waals surface area contributed by atoms with E-state index in [1.165, 1.54) is 37.4 Å². The van der Waals surface area contributed by atoms with E-state index in [0.717, 1.165) is 15.9 Å². The molecule has 0 atom stereocenters. The van der Waals surface area contributed by atoms with Crippen LogP contribution in [0.15, 0.2) is 55.8 Å². The van der Waals surface area contributed by atoms with Crippen LogP contribution in [0.1, 0.15) is 24.5 Å². The molecule has 0 saturated heterocycles. The van der Waals surface area contributed by atoms with Gasteiger partial charge in [0.2, 0.25) is 5.88 Å². The van der Waals surface area contributed by atoms with Crippen molar-refractivity contribution in [2.75, 3.05) is 4.72 Å². The van der Waals surface area contributed by atoms with Crippen molar-refractivity contribution in [2.45, 2.75) is 31.7 Å². The second-order valence-corrected chi connectivity index (χ2v) is 8.95. The fraction of sp³-hybridized carbons (Fsp3) is 0.211. The van der Waals surface area contributed by atoms with Gasteiger partial charge >= 0.3 is 0 Å². The molecule has 10 nitrogen and oxygen atoms in total. The van der Waals surface area contributed by atoms with Crippen LogP contribution < -0.4 is 10.3 Å². The van der Waals surface area contributed by atoms with Gasteiger partial charge in [0, 0.05) is 23.7 Å². The third kappa shape index (κ3) is 4.62. The highest BCUT2D eigenvalue weighted by Crippen LogP contribution is 2.27. The Morgan fingerprint density at radius 2 is 2.00 bits per heavy atom. The third-order valence-electron chi connectivity index (χ3n) is 4.28. The maximum Gasteiger partial charge on any atom is 0.281 e. The molecule has 2 N–H and O–H groups in total. The summed E-state index contributed by atoms with van der Waals surface area (Å²) in [6, 6.07) is 7.46. The molecule has 3 aromatic rings. The largest absolute Gasteiger partial charge is 0.493 e. The number of sulfonamides is 1. The Bertz CT molecular complexity index is 1320. The number of nitrogens with one attached hydrogen (secondary N) is 1. The molecule has 1 aromatic carbocycles. The van der Waals surface area contributed by atoms with Crippen LogP contribution in [0.25, 0.3) is 0 Å². The highest BCUT2D eigenvalue weighted by atomic mass is 32.2. The lowest BCUT2D eigenvalue weighted by molar-refractivity contribution is 0.402. The van der Waals surface area contributed by atoms with Gasteiger partial charge in [-0.1, -0.05) is 6.92 Å². The lowest BCUT2D eigenvalue weighted by Crippen LogP contribution is -2.21. The number of benzene rings is 1. The lowest BCUT2D eigenvalue weighted by Gasteiger charge is -2.11. The van der Waals surface area contributed by atoms with Gasteiger partial charge in [-0.05, 0) is 37.6 Å². The molecule has 0 amide bonds. The zero-order chi connectivity index (χ0) is 22.6. The molecule has 0 saturated carbocycles. The number of anilines is 1. The number of rotatable bonds is 7. The number of thiazole rings is 1. The summed E-state index contributed by atoms with van der Waals surface area (Å²) in [7, 11) is -3.80. The maximum absolute atomic E-state index is 12.7. The van der Waals surface area contributed by atoms with Crippen molar-refractivity contribution in [2.24, 2.45) is 10.2 Å². The van der Waals surface area contributed by atoms with Crippen molar-refractivity contribution in [3.8, 4) is 11.9 Å². The average Bonchev–Trinajstić information content (AvgIpc) is 3.24. The molecule has 2 heterocycles. The number of nitriles is 1. The molecule has 160 valence electrons. The van der Waals surface area contributed by atoms with Crippen LogP contribution in [-0.2, 0) is 16.6 Å². The molecular weight excluding hydrogens is 440 g/mol. The molecule has 0 aliphatic rings. The number of pyridine rings is 1. The minimum Gasteiger partial charge on any atom is -0.493 e. The van der Waals surface area contributed by atoms with Gasteiger partial charge in [-0.3, -0.25) is 14.1 Å². The van der Waals surface area contributed by atoms with Crippen LogP contribution in [0.5, 0.6) is 5.88 Å². The Balaban J connectivity index is 1.92. The first kappa shape index (κ1) is 22.1. The van der Waals surface area contributed by atoms with Crippen LogP contribution in [-0.4, -0.2) is 23.1 Å². The molecule has 0 aliphatic carbocycles. The molecule has 0 unspecified atom stereocenters. The van der Waals surface area contributed by atoms with E-state index in [1.54, 1.807) is 5.38 Å². The van der Waals surface area contributed by atoms with Crippen LogP contribution in [0.3, 0.4) is 0 Å².